The number of nitrogens with zero attached hydrogens (tertiary/aromatic N) is 1. The first-order chi connectivity index (χ1) is 9.06. The number of amides is 1. The van der Waals surface area contributed by atoms with Gasteiger partial charge in [-0.05, 0) is 41.1 Å². The summed E-state index contributed by atoms with van der Waals surface area (Å²) < 4.78 is 7.24. The van der Waals surface area contributed by atoms with Gasteiger partial charge in [-0.3, -0.25) is 9.59 Å². The lowest BCUT2D eigenvalue weighted by molar-refractivity contribution is -0.121. The number of hydrogen-bond acceptors (Lipinski definition) is 3. The normalized spacial score (nSPS) is 10.4. The summed E-state index contributed by atoms with van der Waals surface area (Å²) in [6.45, 7) is 2.01. The van der Waals surface area contributed by atoms with Gasteiger partial charge >= 0.3 is 0 Å². The third-order valence-electron chi connectivity index (χ3n) is 2.59. The molecule has 6 heteroatoms. The first kappa shape index (κ1) is 13.6. The van der Waals surface area contributed by atoms with Crippen molar-refractivity contribution in [2.24, 2.45) is 0 Å². The van der Waals surface area contributed by atoms with Gasteiger partial charge in [0.15, 0.2) is 0 Å². The molecule has 0 radical (unpaired) electrons. The van der Waals surface area contributed by atoms with Crippen molar-refractivity contribution in [3.05, 3.63) is 56.8 Å². The summed E-state index contributed by atoms with van der Waals surface area (Å²) in [5.41, 5.74) is 0.421. The number of halogens is 1. The Kier molecular flexibility index (Phi) is 4.21. The van der Waals surface area contributed by atoms with Crippen molar-refractivity contribution in [1.29, 1.82) is 0 Å². The van der Waals surface area contributed by atoms with Crippen LogP contribution in [0.4, 0.5) is 0 Å². The van der Waals surface area contributed by atoms with Crippen LogP contribution in [0.15, 0.2) is 44.3 Å². The summed E-state index contributed by atoms with van der Waals surface area (Å²) in [6.07, 6.45) is 3.14. The number of rotatable bonds is 4. The molecule has 0 aliphatic rings. The fraction of sp³-hybridized carbons (Fsp3) is 0.231. The summed E-state index contributed by atoms with van der Waals surface area (Å²) >= 11 is 3.30. The second-order valence-electron chi connectivity index (χ2n) is 4.13. The number of aryl methyl sites for hydroxylation is 1. The van der Waals surface area contributed by atoms with E-state index in [0.29, 0.717) is 17.9 Å². The second-order valence-corrected chi connectivity index (χ2v) is 5.05. The van der Waals surface area contributed by atoms with Gasteiger partial charge < -0.3 is 14.3 Å². The fourth-order valence-corrected chi connectivity index (χ4v) is 2.26. The number of nitrogens with one attached hydrogen (secondary N) is 1. The Balaban J connectivity index is 2.01. The van der Waals surface area contributed by atoms with Crippen molar-refractivity contribution in [3.8, 4) is 0 Å². The molecule has 2 heterocycles. The smallest absolute Gasteiger partial charge is 0.253 e. The van der Waals surface area contributed by atoms with E-state index >= 15 is 0 Å². The molecule has 0 aliphatic heterocycles. The van der Waals surface area contributed by atoms with Gasteiger partial charge in [0.05, 0.1) is 12.8 Å². The van der Waals surface area contributed by atoms with Crippen LogP contribution in [-0.4, -0.2) is 10.5 Å². The third kappa shape index (κ3) is 3.57. The molecule has 0 bridgehead atoms. The van der Waals surface area contributed by atoms with Crippen LogP contribution in [0.3, 0.4) is 0 Å². The zero-order valence-corrected chi connectivity index (χ0v) is 11.9. The van der Waals surface area contributed by atoms with Gasteiger partial charge in [-0.2, -0.15) is 0 Å². The Morgan fingerprint density at radius 2 is 2.32 bits per heavy atom. The standard InChI is InChI=1S/C13H13BrN2O3/c1-9-5-10(14)7-16(13(9)18)8-12(17)15-6-11-3-2-4-19-11/h2-5,7H,6,8H2,1H3,(H,15,17). The van der Waals surface area contributed by atoms with E-state index in [9.17, 15) is 9.59 Å². The number of pyridine rings is 1. The first-order valence-electron chi connectivity index (χ1n) is 5.72. The SMILES string of the molecule is Cc1cc(Br)cn(CC(=O)NCc2ccco2)c1=O. The molecule has 100 valence electrons. The highest BCUT2D eigenvalue weighted by Crippen LogP contribution is 2.07. The van der Waals surface area contributed by atoms with E-state index in [1.807, 2.05) is 0 Å². The van der Waals surface area contributed by atoms with Crippen molar-refractivity contribution in [2.75, 3.05) is 0 Å². The van der Waals surface area contributed by atoms with Crippen molar-refractivity contribution in [2.45, 2.75) is 20.0 Å². The predicted octanol–water partition coefficient (Wildman–Crippen LogP) is 1.83. The number of aromatic nitrogens is 1. The van der Waals surface area contributed by atoms with E-state index in [1.54, 1.807) is 37.6 Å². The maximum Gasteiger partial charge on any atom is 0.253 e. The quantitative estimate of drug-likeness (QED) is 0.933. The molecule has 0 atom stereocenters. The van der Waals surface area contributed by atoms with E-state index in [1.165, 1.54) is 4.57 Å². The highest BCUT2D eigenvalue weighted by molar-refractivity contribution is 9.10. The summed E-state index contributed by atoms with van der Waals surface area (Å²) in [7, 11) is 0. The molecular weight excluding hydrogens is 312 g/mol. The summed E-state index contributed by atoms with van der Waals surface area (Å²) in [4.78, 5) is 23.6. The average Bonchev–Trinajstić information content (AvgIpc) is 2.86. The van der Waals surface area contributed by atoms with Gasteiger partial charge in [0.2, 0.25) is 5.91 Å². The molecular formula is C13H13BrN2O3. The van der Waals surface area contributed by atoms with E-state index in [-0.39, 0.29) is 18.0 Å². The third-order valence-corrected chi connectivity index (χ3v) is 3.02. The van der Waals surface area contributed by atoms with Gasteiger partial charge in [-0.15, -0.1) is 0 Å². The van der Waals surface area contributed by atoms with Crippen LogP contribution in [0.5, 0.6) is 0 Å². The van der Waals surface area contributed by atoms with Crippen molar-refractivity contribution < 1.29 is 9.21 Å². The number of hydrogen-bond donors (Lipinski definition) is 1. The Bertz CT molecular complexity index is 632. The Morgan fingerprint density at radius 1 is 1.53 bits per heavy atom. The van der Waals surface area contributed by atoms with Crippen molar-refractivity contribution in [3.63, 3.8) is 0 Å². The number of carbonyl (C=O) groups excluding carboxylic acids is 1. The molecule has 0 saturated carbocycles. The maximum absolute atomic E-state index is 11.8. The summed E-state index contributed by atoms with van der Waals surface area (Å²) in [6, 6.07) is 5.25. The molecule has 2 rings (SSSR count). The zero-order chi connectivity index (χ0) is 13.8. The highest BCUT2D eigenvalue weighted by atomic mass is 79.9. The van der Waals surface area contributed by atoms with E-state index in [2.05, 4.69) is 21.2 Å². The molecule has 0 aromatic carbocycles. The van der Waals surface area contributed by atoms with Crippen LogP contribution in [0, 0.1) is 6.92 Å². The van der Waals surface area contributed by atoms with E-state index in [0.717, 1.165) is 4.47 Å². The molecule has 0 saturated heterocycles. The first-order valence-corrected chi connectivity index (χ1v) is 6.51. The number of furan rings is 1. The molecule has 1 amide bonds. The molecule has 2 aromatic heterocycles. The molecule has 0 unspecified atom stereocenters. The summed E-state index contributed by atoms with van der Waals surface area (Å²) in [5, 5.41) is 2.69. The lowest BCUT2D eigenvalue weighted by atomic mass is 10.3. The van der Waals surface area contributed by atoms with E-state index in [4.69, 9.17) is 4.42 Å². The van der Waals surface area contributed by atoms with Gasteiger partial charge in [-0.1, -0.05) is 0 Å². The van der Waals surface area contributed by atoms with Crippen molar-refractivity contribution in [1.82, 2.24) is 9.88 Å². The van der Waals surface area contributed by atoms with Crippen LogP contribution >= 0.6 is 15.9 Å². The molecule has 1 N–H and O–H groups in total. The molecule has 2 aromatic rings. The molecule has 0 aliphatic carbocycles. The maximum atomic E-state index is 11.8. The Hall–Kier alpha value is -1.82. The predicted molar refractivity (Wildman–Crippen MR) is 73.7 cm³/mol. The average molecular weight is 325 g/mol. The van der Waals surface area contributed by atoms with Crippen LogP contribution in [0.1, 0.15) is 11.3 Å². The van der Waals surface area contributed by atoms with Gasteiger partial charge in [0.25, 0.3) is 5.56 Å². The molecule has 0 fully saturated rings. The van der Waals surface area contributed by atoms with Gasteiger partial charge in [0, 0.05) is 16.2 Å². The van der Waals surface area contributed by atoms with Crippen molar-refractivity contribution >= 4 is 21.8 Å². The van der Waals surface area contributed by atoms with Gasteiger partial charge in [0.1, 0.15) is 12.3 Å². The van der Waals surface area contributed by atoms with Crippen LogP contribution < -0.4 is 10.9 Å². The van der Waals surface area contributed by atoms with E-state index < -0.39 is 0 Å². The topological polar surface area (TPSA) is 64.2 Å². The minimum atomic E-state index is -0.240. The molecule has 0 spiro atoms. The molecule has 19 heavy (non-hydrogen) atoms. The largest absolute Gasteiger partial charge is 0.467 e. The minimum Gasteiger partial charge on any atom is -0.467 e. The highest BCUT2D eigenvalue weighted by Gasteiger charge is 2.07. The Labute approximate surface area is 118 Å². The van der Waals surface area contributed by atoms with Crippen LogP contribution in [-0.2, 0) is 17.9 Å². The fourth-order valence-electron chi connectivity index (χ4n) is 1.67. The number of carbonyl (C=O) groups is 1. The van der Waals surface area contributed by atoms with Crippen LogP contribution in [0.2, 0.25) is 0 Å². The lowest BCUT2D eigenvalue weighted by Gasteiger charge is -2.08. The summed E-state index contributed by atoms with van der Waals surface area (Å²) in [5.74, 6) is 0.433. The minimum absolute atomic E-state index is 0.0141. The monoisotopic (exact) mass is 324 g/mol. The van der Waals surface area contributed by atoms with Crippen LogP contribution in [0.25, 0.3) is 0 Å². The lowest BCUT2D eigenvalue weighted by Crippen LogP contribution is -2.32. The Morgan fingerprint density at radius 3 is 3.00 bits per heavy atom. The zero-order valence-electron chi connectivity index (χ0n) is 10.4. The van der Waals surface area contributed by atoms with Gasteiger partial charge in [-0.25, -0.2) is 0 Å². The second kappa shape index (κ2) is 5.88. The molecule has 5 nitrogen and oxygen atoms in total.